The Kier molecular flexibility index (Phi) is 23.8. The number of benzene rings is 11. The summed E-state index contributed by atoms with van der Waals surface area (Å²) in [6, 6.07) is 67.0. The first-order chi connectivity index (χ1) is 49.3. The van der Waals surface area contributed by atoms with Gasteiger partial charge < -0.3 is 46.0 Å². The van der Waals surface area contributed by atoms with Crippen molar-refractivity contribution in [3.8, 4) is 51.7 Å². The number of aryl methyl sites for hydroxylation is 9. The van der Waals surface area contributed by atoms with E-state index in [0.717, 1.165) is 69.3 Å². The van der Waals surface area contributed by atoms with Crippen molar-refractivity contribution in [1.29, 1.82) is 0 Å². The van der Waals surface area contributed by atoms with Gasteiger partial charge in [-0.1, -0.05) is 181 Å². The van der Waals surface area contributed by atoms with Gasteiger partial charge >= 0.3 is 17.1 Å². The Morgan fingerprint density at radius 3 is 0.933 bits per heavy atom. The van der Waals surface area contributed by atoms with E-state index in [1.807, 2.05) is 113 Å². The van der Waals surface area contributed by atoms with Crippen LogP contribution in [-0.4, -0.2) is 65.4 Å². The number of carbonyl (C=O) groups excluding carboxylic acids is 1. The van der Waals surface area contributed by atoms with Crippen LogP contribution in [0.3, 0.4) is 0 Å². The number of phenols is 9. The van der Waals surface area contributed by atoms with Crippen LogP contribution < -0.4 is 17.1 Å². The monoisotopic (exact) mass is 1400 g/mol. The molecule has 1 aromatic heterocycles. The molecule has 11 aromatic carbocycles. The number of aromatic hydroxyl groups is 9. The zero-order chi connectivity index (χ0) is 75.6. The van der Waals surface area contributed by atoms with E-state index in [1.165, 1.54) is 34.4 Å². The van der Waals surface area contributed by atoms with Crippen molar-refractivity contribution in [2.24, 2.45) is 0 Å². The summed E-state index contributed by atoms with van der Waals surface area (Å²) in [7, 11) is 0. The van der Waals surface area contributed by atoms with Gasteiger partial charge in [0, 0.05) is 17.3 Å². The van der Waals surface area contributed by atoms with E-state index in [9.17, 15) is 65.1 Å². The summed E-state index contributed by atoms with van der Waals surface area (Å²) in [4.78, 5) is 53.4. The van der Waals surface area contributed by atoms with Gasteiger partial charge in [-0.25, -0.2) is 28.1 Å². The lowest BCUT2D eigenvalue weighted by Crippen LogP contribution is -2.54. The van der Waals surface area contributed by atoms with E-state index in [2.05, 4.69) is 69.3 Å². The molecule has 0 radical (unpaired) electrons. The topological polar surface area (TPSA) is 265 Å². The summed E-state index contributed by atoms with van der Waals surface area (Å²) in [6.07, 6.45) is 0. The molecule has 1 atom stereocenters. The Balaban J connectivity index is 0.000000168. The molecule has 0 aliphatic rings. The van der Waals surface area contributed by atoms with Gasteiger partial charge in [-0.2, -0.15) is 0 Å². The molecule has 16 nitrogen and oxygen atoms in total. The zero-order valence-electron chi connectivity index (χ0n) is 60.6. The van der Waals surface area contributed by atoms with Crippen LogP contribution in [0.1, 0.15) is 147 Å². The Hall–Kier alpha value is -12.3. The number of aromatic nitrogens is 3. The van der Waals surface area contributed by atoms with E-state index in [1.54, 1.807) is 107 Å². The summed E-state index contributed by atoms with van der Waals surface area (Å²) in [5.41, 5.74) is 16.5. The zero-order valence-corrected chi connectivity index (χ0v) is 60.6. The third kappa shape index (κ3) is 17.5. The molecule has 0 aliphatic carbocycles. The number of ketones is 1. The van der Waals surface area contributed by atoms with Crippen molar-refractivity contribution in [3.05, 3.63) is 367 Å². The molecule has 0 aliphatic heterocycles. The van der Waals surface area contributed by atoms with Gasteiger partial charge in [0.1, 0.15) is 34.5 Å². The molecule has 0 bridgehead atoms. The van der Waals surface area contributed by atoms with Crippen LogP contribution in [-0.2, 0) is 25.0 Å². The van der Waals surface area contributed by atoms with Gasteiger partial charge in [0.05, 0.1) is 25.2 Å². The molecule has 0 amide bonds. The van der Waals surface area contributed by atoms with Crippen molar-refractivity contribution in [2.45, 2.75) is 120 Å². The summed E-state index contributed by atoms with van der Waals surface area (Å²) in [5, 5.41) is 87.1. The molecule has 1 heterocycles. The van der Waals surface area contributed by atoms with Crippen LogP contribution in [0.4, 0.5) is 0 Å². The lowest BCUT2D eigenvalue weighted by Gasteiger charge is -2.32. The molecular weight excluding hydrogens is 1310 g/mol. The minimum Gasteiger partial charge on any atom is -0.508 e. The van der Waals surface area contributed by atoms with Gasteiger partial charge in [0.25, 0.3) is 0 Å². The number of carbonyl (C=O) groups is 1. The second-order valence-electron chi connectivity index (χ2n) is 27.1. The fourth-order valence-electron chi connectivity index (χ4n) is 12.8. The molecule has 12 rings (SSSR count). The molecule has 9 N–H and O–H groups in total. The van der Waals surface area contributed by atoms with E-state index in [-0.39, 0.29) is 76.8 Å². The molecule has 534 valence electrons. The number of hydrogen-bond acceptors (Lipinski definition) is 13. The first-order valence-corrected chi connectivity index (χ1v) is 34.1. The first kappa shape index (κ1) is 75.9. The summed E-state index contributed by atoms with van der Waals surface area (Å²) in [6.45, 7) is 22.9. The van der Waals surface area contributed by atoms with Crippen LogP contribution >= 0.6 is 0 Å². The maximum Gasteiger partial charge on any atom is 0.336 e. The Morgan fingerprint density at radius 1 is 0.337 bits per heavy atom. The largest absolute Gasteiger partial charge is 0.508 e. The van der Waals surface area contributed by atoms with Crippen LogP contribution in [0.5, 0.6) is 51.7 Å². The summed E-state index contributed by atoms with van der Waals surface area (Å²) >= 11 is 0. The Bertz CT molecular complexity index is 4710. The molecule has 0 fully saturated rings. The lowest BCUT2D eigenvalue weighted by atomic mass is 9.71. The minimum atomic E-state index is -0.718. The summed E-state index contributed by atoms with van der Waals surface area (Å²) < 4.78 is 3.24. The number of hydrogen-bond donors (Lipinski definition) is 9. The molecule has 0 saturated heterocycles. The fourth-order valence-corrected chi connectivity index (χ4v) is 12.8. The van der Waals surface area contributed by atoms with Gasteiger partial charge in [-0.05, 0) is 231 Å². The Labute approximate surface area is 605 Å². The maximum atomic E-state index is 13.7. The molecule has 16 heteroatoms. The first-order valence-electron chi connectivity index (χ1n) is 34.1. The summed E-state index contributed by atoms with van der Waals surface area (Å²) in [5.74, 6) is -1.06. The lowest BCUT2D eigenvalue weighted by molar-refractivity contribution is 0.0962. The fraction of sp³-hybridized carbons (Fsp3) is 0.205. The highest BCUT2D eigenvalue weighted by atomic mass is 16.3. The van der Waals surface area contributed by atoms with Crippen LogP contribution in [0.2, 0.25) is 0 Å². The predicted octanol–water partition coefficient (Wildman–Crippen LogP) is 16.3. The molecular formula is C88H89N3O13. The second kappa shape index (κ2) is 32.6. The highest BCUT2D eigenvalue weighted by Crippen LogP contribution is 2.42. The molecule has 1 unspecified atom stereocenters. The van der Waals surface area contributed by atoms with E-state index >= 15 is 0 Å². The highest BCUT2D eigenvalue weighted by Gasteiger charge is 2.32. The van der Waals surface area contributed by atoms with E-state index < -0.39 is 40.2 Å². The van der Waals surface area contributed by atoms with E-state index in [4.69, 9.17) is 0 Å². The quantitative estimate of drug-likeness (QED) is 0.0263. The Morgan fingerprint density at radius 2 is 0.606 bits per heavy atom. The number of rotatable bonds is 15. The number of Topliss-reactive ketones (excluding diaryl/α,β-unsaturated/α-hetero) is 1. The van der Waals surface area contributed by atoms with Crippen molar-refractivity contribution >= 4 is 5.78 Å². The normalized spacial score (nSPS) is 11.4. The minimum absolute atomic E-state index is 0.00613. The number of nitrogens with zero attached hydrogens (tertiary/aromatic N) is 3. The molecule has 104 heavy (non-hydrogen) atoms. The van der Waals surface area contributed by atoms with Crippen molar-refractivity contribution in [2.75, 3.05) is 0 Å². The van der Waals surface area contributed by atoms with Crippen molar-refractivity contribution in [1.82, 2.24) is 13.7 Å². The van der Waals surface area contributed by atoms with Gasteiger partial charge in [-0.3, -0.25) is 4.79 Å². The van der Waals surface area contributed by atoms with Gasteiger partial charge in [-0.15, -0.1) is 0 Å². The predicted molar refractivity (Wildman–Crippen MR) is 409 cm³/mol. The van der Waals surface area contributed by atoms with Gasteiger partial charge in [0.2, 0.25) is 5.75 Å². The standard InChI is InChI=1S/C31H35N3O5.C21H20O2.C20H18O2.C16H16O4/c1-17-8-24(9-18(2)23(17)7)14-32-29(37)33(15-25-10-19(3)27(35)20(4)11-25)31(39)34(30(32)38)16-26-12-21(5)28(36)22(6)13-26;1-15-3-5-16(6-4-15)21(2,17-7-11-19(22)12-8-17)18-9-13-20(23)14-10-18;1-14-2-4-15(5-3-14)20(16-6-10-18(21)11-7-16)17-8-12-19(22)13-9-17;1-9-3-5-11(6-4-9)10(2)14(18)12-7-8-13(17)16(20)15(12)19/h8-13,35-36H,14-16H2,1-7H3;3-14,22-23H,1-2H3;2-13,20-22H,1H3;3-8,10,17,19-20H,1-2H3. The van der Waals surface area contributed by atoms with Crippen LogP contribution in [0, 0.1) is 69.2 Å². The van der Waals surface area contributed by atoms with E-state index in [0.29, 0.717) is 33.4 Å². The second-order valence-corrected chi connectivity index (χ2v) is 27.1. The van der Waals surface area contributed by atoms with Crippen molar-refractivity contribution in [3.63, 3.8) is 0 Å². The average molecular weight is 1400 g/mol. The third-order valence-electron chi connectivity index (χ3n) is 19.2. The van der Waals surface area contributed by atoms with Crippen LogP contribution in [0.15, 0.2) is 233 Å². The third-order valence-corrected chi connectivity index (χ3v) is 19.2. The molecule has 12 aromatic rings. The van der Waals surface area contributed by atoms with Gasteiger partial charge in [0.15, 0.2) is 17.3 Å². The van der Waals surface area contributed by atoms with Crippen molar-refractivity contribution < 1.29 is 50.8 Å². The molecule has 0 saturated carbocycles. The average Bonchev–Trinajstić information content (AvgIpc) is 0.770. The molecule has 0 spiro atoms. The van der Waals surface area contributed by atoms with Crippen LogP contribution in [0.25, 0.3) is 0 Å². The smallest absolute Gasteiger partial charge is 0.336 e. The highest BCUT2D eigenvalue weighted by molar-refractivity contribution is 6.03. The number of phenolic OH excluding ortho intramolecular Hbond substituents is 9. The SMILES string of the molecule is Cc1cc(Cn2c(=O)n(Cc3cc(C)c(O)c(C)c3)c(=O)n(Cc3cc(C)c(O)c(C)c3)c2=O)cc(C)c1C.Cc1ccc(C(C)(c2ccc(O)cc2)c2ccc(O)cc2)cc1.Cc1ccc(C(C)C(=O)c2ccc(O)c(O)c2O)cc1.Cc1ccc(C(c2ccc(O)cc2)c2ccc(O)cc2)cc1. The maximum absolute atomic E-state index is 13.7.